The van der Waals surface area contributed by atoms with Gasteiger partial charge in [0.25, 0.3) is 0 Å². The van der Waals surface area contributed by atoms with E-state index in [1.165, 1.54) is 11.8 Å². The van der Waals surface area contributed by atoms with Crippen LogP contribution in [0.5, 0.6) is 0 Å². The third kappa shape index (κ3) is 12.5. The van der Waals surface area contributed by atoms with Gasteiger partial charge in [-0.25, -0.2) is 4.79 Å². The predicted octanol–water partition coefficient (Wildman–Crippen LogP) is 1.45. The molecule has 0 bridgehead atoms. The van der Waals surface area contributed by atoms with Gasteiger partial charge in [0, 0.05) is 0 Å². The van der Waals surface area contributed by atoms with E-state index in [-0.39, 0.29) is 18.3 Å². The van der Waals surface area contributed by atoms with Crippen LogP contribution in [0.25, 0.3) is 0 Å². The maximum atomic E-state index is 13.1. The summed E-state index contributed by atoms with van der Waals surface area (Å²) in [7, 11) is 0. The average molecular weight is 507 g/mol. The number of carbonyl (C=O) groups excluding carboxylic acids is 3. The molecular weight excluding hydrogens is 464 g/mol. The molecule has 0 aliphatic heterocycles. The van der Waals surface area contributed by atoms with E-state index < -0.39 is 47.9 Å². The Labute approximate surface area is 206 Å². The van der Waals surface area contributed by atoms with Crippen molar-refractivity contribution in [2.24, 2.45) is 17.6 Å². The topological polar surface area (TPSA) is 151 Å². The number of nitrogens with one attached hydrogen (secondary N) is 3. The van der Waals surface area contributed by atoms with Gasteiger partial charge < -0.3 is 26.8 Å². The van der Waals surface area contributed by atoms with E-state index in [0.29, 0.717) is 25.0 Å². The lowest BCUT2D eigenvalue weighted by atomic mass is 9.96. The van der Waals surface area contributed by atoms with Crippen LogP contribution in [-0.4, -0.2) is 77.0 Å². The summed E-state index contributed by atoms with van der Waals surface area (Å²) in [5.41, 5.74) is 5.94. The number of carbonyl (C=O) groups is 4. The van der Waals surface area contributed by atoms with Gasteiger partial charge in [-0.2, -0.15) is 23.5 Å². The minimum absolute atomic E-state index is 0.0736. The van der Waals surface area contributed by atoms with Crippen LogP contribution in [0.1, 0.15) is 53.4 Å². The van der Waals surface area contributed by atoms with Gasteiger partial charge in [-0.05, 0) is 55.1 Å². The Bertz CT molecular complexity index is 636. The Morgan fingerprint density at radius 3 is 1.88 bits per heavy atom. The summed E-state index contributed by atoms with van der Waals surface area (Å²) in [4.78, 5) is 50.1. The first-order valence-electron chi connectivity index (χ1n) is 11.4. The zero-order valence-corrected chi connectivity index (χ0v) is 22.3. The highest BCUT2D eigenvalue weighted by Gasteiger charge is 2.32. The molecule has 3 amide bonds. The lowest BCUT2D eigenvalue weighted by Crippen LogP contribution is -2.58. The molecule has 0 aromatic heterocycles. The second-order valence-electron chi connectivity index (χ2n) is 8.63. The van der Waals surface area contributed by atoms with Gasteiger partial charge >= 0.3 is 5.97 Å². The van der Waals surface area contributed by atoms with Crippen LogP contribution in [0.3, 0.4) is 0 Å². The Kier molecular flexibility index (Phi) is 16.3. The number of rotatable bonds is 17. The zero-order valence-electron chi connectivity index (χ0n) is 20.7. The van der Waals surface area contributed by atoms with Crippen molar-refractivity contribution in [1.82, 2.24) is 16.0 Å². The summed E-state index contributed by atoms with van der Waals surface area (Å²) < 4.78 is 0. The summed E-state index contributed by atoms with van der Waals surface area (Å²) in [5.74, 6) is -1.34. The molecule has 11 heteroatoms. The zero-order chi connectivity index (χ0) is 25.6. The average Bonchev–Trinajstić information content (AvgIpc) is 2.76. The van der Waals surface area contributed by atoms with Crippen LogP contribution < -0.4 is 21.7 Å². The highest BCUT2D eigenvalue weighted by atomic mass is 32.2. The van der Waals surface area contributed by atoms with E-state index in [2.05, 4.69) is 16.0 Å². The molecule has 0 radical (unpaired) electrons. The quantitative estimate of drug-likeness (QED) is 0.199. The van der Waals surface area contributed by atoms with E-state index >= 15 is 0 Å². The maximum absolute atomic E-state index is 13.1. The molecule has 0 heterocycles. The number of amides is 3. The molecule has 0 aliphatic rings. The van der Waals surface area contributed by atoms with Crippen LogP contribution in [0.2, 0.25) is 0 Å². The standard InChI is InChI=1S/C22H42N4O5S2/c1-7-14(4)18(21(29)25-17(22(30)31)12-13(2)3)26-20(28)16(9-11-33-6)24-19(27)15(23)8-10-32-5/h13-18H,7-12,23H2,1-6H3,(H,24,27)(H,25,29)(H,26,28)(H,30,31). The Hall–Kier alpha value is -1.46. The number of aliphatic carboxylic acids is 1. The molecule has 33 heavy (non-hydrogen) atoms. The van der Waals surface area contributed by atoms with Crippen LogP contribution in [0.4, 0.5) is 0 Å². The lowest BCUT2D eigenvalue weighted by molar-refractivity contribution is -0.143. The molecule has 5 unspecified atom stereocenters. The number of thioether (sulfide) groups is 2. The van der Waals surface area contributed by atoms with Crippen LogP contribution in [0.15, 0.2) is 0 Å². The van der Waals surface area contributed by atoms with Crippen molar-refractivity contribution in [3.63, 3.8) is 0 Å². The van der Waals surface area contributed by atoms with Gasteiger partial charge in [0.2, 0.25) is 17.7 Å². The number of carboxylic acid groups (broad SMARTS) is 1. The van der Waals surface area contributed by atoms with Crippen molar-refractivity contribution in [2.75, 3.05) is 24.0 Å². The van der Waals surface area contributed by atoms with Crippen molar-refractivity contribution in [2.45, 2.75) is 77.5 Å². The molecule has 192 valence electrons. The second-order valence-corrected chi connectivity index (χ2v) is 10.6. The predicted molar refractivity (Wildman–Crippen MR) is 136 cm³/mol. The summed E-state index contributed by atoms with van der Waals surface area (Å²) >= 11 is 3.12. The molecule has 0 aromatic rings. The first kappa shape index (κ1) is 31.5. The fourth-order valence-electron chi connectivity index (χ4n) is 3.07. The third-order valence-corrected chi connectivity index (χ3v) is 6.62. The lowest BCUT2D eigenvalue weighted by Gasteiger charge is -2.28. The SMILES string of the molecule is CCC(C)C(NC(=O)C(CCSC)NC(=O)C(N)CCSC)C(=O)NC(CC(C)C)C(=O)O. The van der Waals surface area contributed by atoms with Gasteiger partial charge in [-0.15, -0.1) is 0 Å². The molecule has 0 aromatic carbocycles. The smallest absolute Gasteiger partial charge is 0.326 e. The largest absolute Gasteiger partial charge is 0.480 e. The van der Waals surface area contributed by atoms with Gasteiger partial charge in [0.05, 0.1) is 6.04 Å². The highest BCUT2D eigenvalue weighted by Crippen LogP contribution is 2.12. The van der Waals surface area contributed by atoms with Crippen molar-refractivity contribution in [1.29, 1.82) is 0 Å². The number of carboxylic acids is 1. The molecule has 6 N–H and O–H groups in total. The minimum atomic E-state index is -1.12. The van der Waals surface area contributed by atoms with E-state index in [1.807, 2.05) is 40.2 Å². The minimum Gasteiger partial charge on any atom is -0.480 e. The van der Waals surface area contributed by atoms with Gasteiger partial charge in [-0.1, -0.05) is 34.1 Å². The fourth-order valence-corrected chi connectivity index (χ4v) is 4.03. The molecule has 0 saturated heterocycles. The summed E-state index contributed by atoms with van der Waals surface area (Å²) in [6, 6.07) is -3.52. The van der Waals surface area contributed by atoms with Crippen LogP contribution in [-0.2, 0) is 19.2 Å². The molecule has 9 nitrogen and oxygen atoms in total. The van der Waals surface area contributed by atoms with Crippen molar-refractivity contribution < 1.29 is 24.3 Å². The Morgan fingerprint density at radius 2 is 1.39 bits per heavy atom. The number of hydrogen-bond acceptors (Lipinski definition) is 7. The molecule has 0 spiro atoms. The molecule has 0 fully saturated rings. The van der Waals surface area contributed by atoms with E-state index in [4.69, 9.17) is 5.73 Å². The summed E-state index contributed by atoms with van der Waals surface area (Å²) in [5, 5.41) is 17.5. The van der Waals surface area contributed by atoms with E-state index in [9.17, 15) is 24.3 Å². The number of hydrogen-bond donors (Lipinski definition) is 5. The van der Waals surface area contributed by atoms with E-state index in [0.717, 1.165) is 5.75 Å². The molecule has 0 aliphatic carbocycles. The number of nitrogens with two attached hydrogens (primary N) is 1. The molecule has 5 atom stereocenters. The van der Waals surface area contributed by atoms with Gasteiger partial charge in [0.15, 0.2) is 0 Å². The van der Waals surface area contributed by atoms with Gasteiger partial charge in [-0.3, -0.25) is 14.4 Å². The third-order valence-electron chi connectivity index (χ3n) is 5.33. The fraction of sp³-hybridized carbons (Fsp3) is 0.818. The summed E-state index contributed by atoms with van der Waals surface area (Å²) in [6.45, 7) is 7.45. The van der Waals surface area contributed by atoms with Crippen molar-refractivity contribution >= 4 is 47.2 Å². The van der Waals surface area contributed by atoms with Gasteiger partial charge in [0.1, 0.15) is 18.1 Å². The first-order chi connectivity index (χ1) is 15.5. The molecular formula is C22H42N4O5S2. The monoisotopic (exact) mass is 506 g/mol. The molecule has 0 rings (SSSR count). The molecule has 0 saturated carbocycles. The Morgan fingerprint density at radius 1 is 0.848 bits per heavy atom. The van der Waals surface area contributed by atoms with Crippen molar-refractivity contribution in [3.05, 3.63) is 0 Å². The second kappa shape index (κ2) is 17.0. The van der Waals surface area contributed by atoms with E-state index in [1.54, 1.807) is 11.8 Å². The normalized spacial score (nSPS) is 15.8. The maximum Gasteiger partial charge on any atom is 0.326 e. The first-order valence-corrected chi connectivity index (χ1v) is 14.1. The van der Waals surface area contributed by atoms with Crippen LogP contribution in [0, 0.1) is 11.8 Å². The van der Waals surface area contributed by atoms with Crippen molar-refractivity contribution in [3.8, 4) is 0 Å². The highest BCUT2D eigenvalue weighted by molar-refractivity contribution is 7.98. The Balaban J connectivity index is 5.46. The van der Waals surface area contributed by atoms with Crippen LogP contribution >= 0.6 is 23.5 Å². The summed E-state index contributed by atoms with van der Waals surface area (Å²) in [6.07, 6.45) is 5.58.